The van der Waals surface area contributed by atoms with Crippen molar-refractivity contribution in [1.82, 2.24) is 9.80 Å². The lowest BCUT2D eigenvalue weighted by Gasteiger charge is -2.39. The molecule has 3 nitrogen and oxygen atoms in total. The van der Waals surface area contributed by atoms with E-state index in [2.05, 4.69) is 22.6 Å². The van der Waals surface area contributed by atoms with Crippen molar-refractivity contribution >= 4 is 0 Å². The molecule has 0 unspecified atom stereocenters. The minimum Gasteiger partial charge on any atom is -0.333 e. The van der Waals surface area contributed by atoms with E-state index < -0.39 is 0 Å². The Balaban J connectivity index is 0.000000531. The molecule has 0 atom stereocenters. The zero-order valence-corrected chi connectivity index (χ0v) is 10.4. The first-order chi connectivity index (χ1) is 7.36. The summed E-state index contributed by atoms with van der Waals surface area (Å²) in [6, 6.07) is 0.933. The van der Waals surface area contributed by atoms with Gasteiger partial charge in [-0.1, -0.05) is 19.3 Å². The van der Waals surface area contributed by atoms with Gasteiger partial charge in [0.25, 0.3) is 0 Å². The Morgan fingerprint density at radius 1 is 0.867 bits per heavy atom. The quantitative estimate of drug-likeness (QED) is 0.709. The largest absolute Gasteiger partial charge is 0.333 e. The second-order valence-corrected chi connectivity index (χ2v) is 4.63. The van der Waals surface area contributed by atoms with Gasteiger partial charge in [0.2, 0.25) is 0 Å². The summed E-state index contributed by atoms with van der Waals surface area (Å²) in [5.41, 5.74) is 4.50. The zero-order chi connectivity index (χ0) is 11.1. The van der Waals surface area contributed by atoms with Crippen molar-refractivity contribution in [2.24, 2.45) is 5.73 Å². The highest BCUT2D eigenvalue weighted by Gasteiger charge is 2.23. The van der Waals surface area contributed by atoms with Crippen molar-refractivity contribution < 1.29 is 0 Å². The maximum absolute atomic E-state index is 4.50. The van der Waals surface area contributed by atoms with Crippen LogP contribution >= 0.6 is 0 Å². The highest BCUT2D eigenvalue weighted by molar-refractivity contribution is 4.79. The van der Waals surface area contributed by atoms with Gasteiger partial charge >= 0.3 is 0 Å². The number of nitrogens with two attached hydrogens (primary N) is 1. The third-order valence-corrected chi connectivity index (χ3v) is 3.63. The van der Waals surface area contributed by atoms with E-state index in [4.69, 9.17) is 0 Å². The van der Waals surface area contributed by atoms with E-state index in [0.717, 1.165) is 6.04 Å². The van der Waals surface area contributed by atoms with Crippen LogP contribution in [0.5, 0.6) is 0 Å². The van der Waals surface area contributed by atoms with Crippen LogP contribution in [0.4, 0.5) is 0 Å². The van der Waals surface area contributed by atoms with Gasteiger partial charge in [0, 0.05) is 32.2 Å². The molecule has 0 radical (unpaired) electrons. The Morgan fingerprint density at radius 3 is 1.93 bits per heavy atom. The monoisotopic (exact) mass is 213 g/mol. The number of likely N-dealkylation sites (N-methyl/N-ethyl adjacent to an activating group) is 1. The standard InChI is InChI=1S/C11H22N2.CH5N/c1-12-7-9-13(10-8-12)11-5-3-2-4-6-11;1-2/h11H,2-10H2,1H3;2H2,1H3. The normalized spacial score (nSPS) is 25.8. The predicted octanol–water partition coefficient (Wildman–Crippen LogP) is 1.14. The van der Waals surface area contributed by atoms with Crippen LogP contribution in [-0.4, -0.2) is 56.1 Å². The summed E-state index contributed by atoms with van der Waals surface area (Å²) >= 11 is 0. The van der Waals surface area contributed by atoms with Gasteiger partial charge in [-0.15, -0.1) is 0 Å². The molecule has 0 spiro atoms. The predicted molar refractivity (Wildman–Crippen MR) is 66.1 cm³/mol. The minimum absolute atomic E-state index is 0.933. The van der Waals surface area contributed by atoms with E-state index >= 15 is 0 Å². The first kappa shape index (κ1) is 12.9. The van der Waals surface area contributed by atoms with Crippen LogP contribution in [0.3, 0.4) is 0 Å². The molecule has 2 aliphatic rings. The summed E-state index contributed by atoms with van der Waals surface area (Å²) in [4.78, 5) is 5.17. The van der Waals surface area contributed by atoms with E-state index in [9.17, 15) is 0 Å². The Morgan fingerprint density at radius 2 is 1.40 bits per heavy atom. The van der Waals surface area contributed by atoms with Gasteiger partial charge < -0.3 is 10.6 Å². The van der Waals surface area contributed by atoms with Crippen LogP contribution in [0.25, 0.3) is 0 Å². The smallest absolute Gasteiger partial charge is 0.0113 e. The minimum atomic E-state index is 0.933. The van der Waals surface area contributed by atoms with E-state index in [1.54, 1.807) is 0 Å². The Labute approximate surface area is 94.6 Å². The molecule has 0 bridgehead atoms. The molecule has 1 saturated heterocycles. The average molecular weight is 213 g/mol. The van der Waals surface area contributed by atoms with Crippen molar-refractivity contribution in [2.75, 3.05) is 40.3 Å². The summed E-state index contributed by atoms with van der Waals surface area (Å²) in [6.07, 6.45) is 7.34. The van der Waals surface area contributed by atoms with Gasteiger partial charge in [0.05, 0.1) is 0 Å². The van der Waals surface area contributed by atoms with E-state index in [-0.39, 0.29) is 0 Å². The highest BCUT2D eigenvalue weighted by Crippen LogP contribution is 2.23. The number of rotatable bonds is 1. The van der Waals surface area contributed by atoms with Crippen LogP contribution in [0.2, 0.25) is 0 Å². The Kier molecular flexibility index (Phi) is 6.22. The molecule has 2 rings (SSSR count). The summed E-state index contributed by atoms with van der Waals surface area (Å²) < 4.78 is 0. The lowest BCUT2D eigenvalue weighted by atomic mass is 9.94. The molecule has 1 aliphatic heterocycles. The number of hydrogen-bond acceptors (Lipinski definition) is 3. The van der Waals surface area contributed by atoms with Crippen LogP contribution in [0.1, 0.15) is 32.1 Å². The fourth-order valence-corrected chi connectivity index (χ4v) is 2.63. The van der Waals surface area contributed by atoms with E-state index in [0.29, 0.717) is 0 Å². The first-order valence-electron chi connectivity index (χ1n) is 6.36. The Hall–Kier alpha value is -0.120. The molecule has 1 aliphatic carbocycles. The molecule has 0 aromatic rings. The SMILES string of the molecule is CN.CN1CCN(C2CCCCC2)CC1. The van der Waals surface area contributed by atoms with Gasteiger partial charge in [0.1, 0.15) is 0 Å². The number of hydrogen-bond donors (Lipinski definition) is 1. The van der Waals surface area contributed by atoms with E-state index in [1.807, 2.05) is 0 Å². The second-order valence-electron chi connectivity index (χ2n) is 4.63. The van der Waals surface area contributed by atoms with Crippen molar-refractivity contribution in [2.45, 2.75) is 38.1 Å². The zero-order valence-electron chi connectivity index (χ0n) is 10.4. The van der Waals surface area contributed by atoms with Crippen LogP contribution in [-0.2, 0) is 0 Å². The molecule has 0 aromatic carbocycles. The summed E-state index contributed by atoms with van der Waals surface area (Å²) in [5.74, 6) is 0. The van der Waals surface area contributed by atoms with Crippen molar-refractivity contribution in [3.05, 3.63) is 0 Å². The molecule has 3 heteroatoms. The highest BCUT2D eigenvalue weighted by atomic mass is 15.3. The molecule has 1 heterocycles. The van der Waals surface area contributed by atoms with Gasteiger partial charge in [-0.2, -0.15) is 0 Å². The lowest BCUT2D eigenvalue weighted by Crippen LogP contribution is -2.49. The van der Waals surface area contributed by atoms with Gasteiger partial charge in [-0.25, -0.2) is 0 Å². The van der Waals surface area contributed by atoms with Crippen molar-refractivity contribution in [3.8, 4) is 0 Å². The first-order valence-corrected chi connectivity index (χ1v) is 6.36. The molecule has 0 amide bonds. The van der Waals surface area contributed by atoms with E-state index in [1.165, 1.54) is 65.3 Å². The van der Waals surface area contributed by atoms with Gasteiger partial charge in [0.15, 0.2) is 0 Å². The van der Waals surface area contributed by atoms with Crippen molar-refractivity contribution in [3.63, 3.8) is 0 Å². The van der Waals surface area contributed by atoms with Crippen LogP contribution in [0.15, 0.2) is 0 Å². The molecule has 0 aromatic heterocycles. The van der Waals surface area contributed by atoms with Crippen LogP contribution < -0.4 is 5.73 Å². The summed E-state index contributed by atoms with van der Waals surface area (Å²) in [6.45, 7) is 5.16. The Bertz CT molecular complexity index is 147. The molecule has 90 valence electrons. The molecule has 15 heavy (non-hydrogen) atoms. The third kappa shape index (κ3) is 4.09. The van der Waals surface area contributed by atoms with Gasteiger partial charge in [-0.05, 0) is 26.9 Å². The maximum atomic E-state index is 4.50. The summed E-state index contributed by atoms with van der Waals surface area (Å²) in [7, 11) is 3.73. The number of nitrogens with zero attached hydrogens (tertiary/aromatic N) is 2. The average Bonchev–Trinajstić information content (AvgIpc) is 2.34. The van der Waals surface area contributed by atoms with Crippen molar-refractivity contribution in [1.29, 1.82) is 0 Å². The molecular weight excluding hydrogens is 186 g/mol. The molecule has 2 fully saturated rings. The third-order valence-electron chi connectivity index (χ3n) is 3.63. The fraction of sp³-hybridized carbons (Fsp3) is 1.00. The summed E-state index contributed by atoms with van der Waals surface area (Å²) in [5, 5.41) is 0. The molecule has 2 N–H and O–H groups in total. The topological polar surface area (TPSA) is 32.5 Å². The van der Waals surface area contributed by atoms with Gasteiger partial charge in [-0.3, -0.25) is 4.90 Å². The molecule has 1 saturated carbocycles. The lowest BCUT2D eigenvalue weighted by molar-refractivity contribution is 0.0913. The number of piperazine rings is 1. The maximum Gasteiger partial charge on any atom is 0.0113 e. The fourth-order valence-electron chi connectivity index (χ4n) is 2.63. The van der Waals surface area contributed by atoms with Crippen LogP contribution in [0, 0.1) is 0 Å². The molecular formula is C12H27N3. The second kappa shape index (κ2) is 7.20.